The quantitative estimate of drug-likeness (QED) is 0.814. The van der Waals surface area contributed by atoms with E-state index in [1.54, 1.807) is 6.07 Å². The van der Waals surface area contributed by atoms with Crippen LogP contribution in [0.25, 0.3) is 11.4 Å². The fraction of sp³-hybridized carbons (Fsp3) is 0.308. The largest absolute Gasteiger partial charge is 0.384 e. The van der Waals surface area contributed by atoms with Gasteiger partial charge in [-0.05, 0) is 17.7 Å². The number of halogens is 1. The molecule has 0 radical (unpaired) electrons. The third-order valence-electron chi connectivity index (χ3n) is 3.09. The third-order valence-corrected chi connectivity index (χ3v) is 3.28. The van der Waals surface area contributed by atoms with Gasteiger partial charge >= 0.3 is 0 Å². The second kappa shape index (κ2) is 5.70. The summed E-state index contributed by atoms with van der Waals surface area (Å²) in [5.41, 5.74) is 8.02. The molecule has 1 atom stereocenters. The molecule has 3 rings (SSSR count). The summed E-state index contributed by atoms with van der Waals surface area (Å²) in [6.45, 7) is 2.16. The second-order valence-corrected chi connectivity index (χ2v) is 4.91. The van der Waals surface area contributed by atoms with Crippen LogP contribution in [0.3, 0.4) is 0 Å². The molecule has 104 valence electrons. The number of ether oxygens (including phenoxy) is 1. The Bertz CT molecular complexity index is 615. The normalized spacial score (nSPS) is 18.9. The maximum absolute atomic E-state index is 6.10. The van der Waals surface area contributed by atoms with E-state index < -0.39 is 0 Å². The molecule has 1 unspecified atom stereocenters. The van der Waals surface area contributed by atoms with Gasteiger partial charge in [0.1, 0.15) is 17.3 Å². The van der Waals surface area contributed by atoms with Gasteiger partial charge in [-0.15, -0.1) is 0 Å². The van der Waals surface area contributed by atoms with Crippen molar-refractivity contribution in [3.05, 3.63) is 35.2 Å². The topological polar surface area (TPSA) is 86.0 Å². The zero-order valence-electron chi connectivity index (χ0n) is 10.7. The van der Waals surface area contributed by atoms with Crippen molar-refractivity contribution in [2.75, 3.05) is 25.5 Å². The minimum absolute atomic E-state index is 0.113. The highest BCUT2D eigenvalue weighted by molar-refractivity contribution is 6.29. The zero-order valence-corrected chi connectivity index (χ0v) is 11.5. The van der Waals surface area contributed by atoms with Gasteiger partial charge in [0.25, 0.3) is 0 Å². The van der Waals surface area contributed by atoms with Crippen molar-refractivity contribution in [1.82, 2.24) is 20.3 Å². The van der Waals surface area contributed by atoms with Crippen LogP contribution in [-0.4, -0.2) is 34.7 Å². The smallest absolute Gasteiger partial charge is 0.130 e. The van der Waals surface area contributed by atoms with Crippen LogP contribution < -0.4 is 11.1 Å². The highest BCUT2D eigenvalue weighted by Crippen LogP contribution is 2.25. The molecule has 0 amide bonds. The molecule has 0 spiro atoms. The van der Waals surface area contributed by atoms with E-state index >= 15 is 0 Å². The first-order valence-electron chi connectivity index (χ1n) is 6.29. The van der Waals surface area contributed by atoms with Crippen LogP contribution in [0.4, 0.5) is 5.82 Å². The lowest BCUT2D eigenvalue weighted by atomic mass is 10.1. The predicted molar refractivity (Wildman–Crippen MR) is 76.2 cm³/mol. The van der Waals surface area contributed by atoms with Gasteiger partial charge in [-0.25, -0.2) is 15.0 Å². The first kappa shape index (κ1) is 13.2. The number of nitrogens with two attached hydrogens (primary N) is 1. The number of anilines is 1. The lowest BCUT2D eigenvalue weighted by Gasteiger charge is -2.24. The number of hydrogen-bond acceptors (Lipinski definition) is 6. The molecule has 7 heteroatoms. The molecule has 20 heavy (non-hydrogen) atoms. The Hall–Kier alpha value is -1.76. The molecule has 6 nitrogen and oxygen atoms in total. The maximum atomic E-state index is 6.10. The van der Waals surface area contributed by atoms with Crippen molar-refractivity contribution in [3.63, 3.8) is 0 Å². The van der Waals surface area contributed by atoms with Crippen molar-refractivity contribution in [1.29, 1.82) is 0 Å². The average molecular weight is 292 g/mol. The van der Waals surface area contributed by atoms with Crippen molar-refractivity contribution in [2.24, 2.45) is 0 Å². The third kappa shape index (κ3) is 2.87. The van der Waals surface area contributed by atoms with Gasteiger partial charge in [0.2, 0.25) is 0 Å². The molecule has 3 N–H and O–H groups in total. The summed E-state index contributed by atoms with van der Waals surface area (Å²) in [6, 6.07) is 5.57. The zero-order chi connectivity index (χ0) is 13.9. The van der Waals surface area contributed by atoms with Crippen LogP contribution in [0, 0.1) is 0 Å². The van der Waals surface area contributed by atoms with E-state index in [4.69, 9.17) is 22.1 Å². The van der Waals surface area contributed by atoms with Gasteiger partial charge in [0.05, 0.1) is 30.6 Å². The van der Waals surface area contributed by atoms with Crippen molar-refractivity contribution < 1.29 is 4.74 Å². The number of aromatic nitrogens is 3. The predicted octanol–water partition coefficient (Wildman–Crippen LogP) is 1.44. The number of nitrogens with zero attached hydrogens (tertiary/aromatic N) is 3. The van der Waals surface area contributed by atoms with Crippen LogP contribution in [-0.2, 0) is 4.74 Å². The standard InChI is InChI=1S/C13H14ClN5O/c14-12-4-8(11-6-20-2-1-16-11)3-10(19-12)9-5-13(15)18-7-17-9/h3-5,7,11,16H,1-2,6H2,(H2,15,17,18). The fourth-order valence-corrected chi connectivity index (χ4v) is 2.36. The summed E-state index contributed by atoms with van der Waals surface area (Å²) in [4.78, 5) is 12.3. The molecule has 0 aliphatic carbocycles. The average Bonchev–Trinajstić information content (AvgIpc) is 2.47. The Morgan fingerprint density at radius 3 is 2.90 bits per heavy atom. The van der Waals surface area contributed by atoms with E-state index in [2.05, 4.69) is 20.3 Å². The summed E-state index contributed by atoms with van der Waals surface area (Å²) >= 11 is 6.10. The Balaban J connectivity index is 1.97. The molecule has 0 bridgehead atoms. The van der Waals surface area contributed by atoms with Crippen LogP contribution in [0.1, 0.15) is 11.6 Å². The number of hydrogen-bond donors (Lipinski definition) is 2. The van der Waals surface area contributed by atoms with Gasteiger partial charge in [-0.1, -0.05) is 11.6 Å². The monoisotopic (exact) mass is 291 g/mol. The number of pyridine rings is 1. The van der Waals surface area contributed by atoms with E-state index in [1.807, 2.05) is 12.1 Å². The Kier molecular flexibility index (Phi) is 3.77. The van der Waals surface area contributed by atoms with Gasteiger partial charge in [0.15, 0.2) is 0 Å². The highest BCUT2D eigenvalue weighted by atomic mass is 35.5. The molecular formula is C13H14ClN5O. The van der Waals surface area contributed by atoms with Gasteiger partial charge in [-0.2, -0.15) is 0 Å². The molecule has 0 aromatic carbocycles. The fourth-order valence-electron chi connectivity index (χ4n) is 2.14. The summed E-state index contributed by atoms with van der Waals surface area (Å²) < 4.78 is 5.47. The van der Waals surface area contributed by atoms with Gasteiger partial charge in [0, 0.05) is 12.6 Å². The minimum Gasteiger partial charge on any atom is -0.384 e. The summed E-state index contributed by atoms with van der Waals surface area (Å²) in [6.07, 6.45) is 1.41. The highest BCUT2D eigenvalue weighted by Gasteiger charge is 2.17. The first-order chi connectivity index (χ1) is 9.72. The first-order valence-corrected chi connectivity index (χ1v) is 6.66. The Labute approximate surface area is 121 Å². The summed E-state index contributed by atoms with van der Waals surface area (Å²) in [7, 11) is 0. The molecule has 2 aromatic heterocycles. The molecule has 2 aromatic rings. The van der Waals surface area contributed by atoms with E-state index in [-0.39, 0.29) is 6.04 Å². The Morgan fingerprint density at radius 2 is 2.15 bits per heavy atom. The molecular weight excluding hydrogens is 278 g/mol. The van der Waals surface area contributed by atoms with Crippen LogP contribution in [0.15, 0.2) is 24.5 Å². The number of nitrogen functional groups attached to an aromatic ring is 1. The summed E-state index contributed by atoms with van der Waals surface area (Å²) in [5, 5.41) is 3.80. The van der Waals surface area contributed by atoms with Gasteiger partial charge < -0.3 is 15.8 Å². The van der Waals surface area contributed by atoms with E-state index in [1.165, 1.54) is 6.33 Å². The van der Waals surface area contributed by atoms with E-state index in [0.29, 0.717) is 29.0 Å². The molecule has 1 aliphatic heterocycles. The van der Waals surface area contributed by atoms with Crippen molar-refractivity contribution in [2.45, 2.75) is 6.04 Å². The van der Waals surface area contributed by atoms with E-state index in [0.717, 1.165) is 18.7 Å². The van der Waals surface area contributed by atoms with E-state index in [9.17, 15) is 0 Å². The molecule has 1 fully saturated rings. The lowest BCUT2D eigenvalue weighted by molar-refractivity contribution is 0.0769. The minimum atomic E-state index is 0.113. The SMILES string of the molecule is Nc1cc(-c2cc(C3COCCN3)cc(Cl)n2)ncn1. The Morgan fingerprint density at radius 1 is 1.25 bits per heavy atom. The van der Waals surface area contributed by atoms with Crippen molar-refractivity contribution >= 4 is 17.4 Å². The second-order valence-electron chi connectivity index (χ2n) is 4.52. The molecule has 1 saturated heterocycles. The lowest BCUT2D eigenvalue weighted by Crippen LogP contribution is -2.34. The maximum Gasteiger partial charge on any atom is 0.130 e. The van der Waals surface area contributed by atoms with Crippen LogP contribution >= 0.6 is 11.6 Å². The van der Waals surface area contributed by atoms with Gasteiger partial charge in [-0.3, -0.25) is 0 Å². The molecule has 1 aliphatic rings. The molecule has 3 heterocycles. The summed E-state index contributed by atoms with van der Waals surface area (Å²) in [5.74, 6) is 0.400. The van der Waals surface area contributed by atoms with Crippen LogP contribution in [0.2, 0.25) is 5.15 Å². The van der Waals surface area contributed by atoms with Crippen LogP contribution in [0.5, 0.6) is 0 Å². The number of nitrogens with one attached hydrogen (secondary N) is 1. The van der Waals surface area contributed by atoms with Crippen molar-refractivity contribution in [3.8, 4) is 11.4 Å². The molecule has 0 saturated carbocycles. The number of morpholine rings is 1. The number of rotatable bonds is 2.